The highest BCUT2D eigenvalue weighted by Gasteiger charge is 2.31. The molecule has 1 fully saturated rings. The zero-order valence-electron chi connectivity index (χ0n) is 9.91. The van der Waals surface area contributed by atoms with Gasteiger partial charge in [-0.2, -0.15) is 0 Å². The highest BCUT2D eigenvalue weighted by atomic mass is 16.2. The lowest BCUT2D eigenvalue weighted by Gasteiger charge is -2.25. The summed E-state index contributed by atoms with van der Waals surface area (Å²) in [6, 6.07) is 8.32. The van der Waals surface area contributed by atoms with Crippen LogP contribution in [0.5, 0.6) is 0 Å². The molecule has 17 heavy (non-hydrogen) atoms. The van der Waals surface area contributed by atoms with Gasteiger partial charge in [-0.1, -0.05) is 37.5 Å². The summed E-state index contributed by atoms with van der Waals surface area (Å²) in [4.78, 5) is 11.9. The number of benzene rings is 1. The number of amides is 1. The van der Waals surface area contributed by atoms with Crippen molar-refractivity contribution >= 4 is 11.6 Å². The van der Waals surface area contributed by atoms with Crippen LogP contribution < -0.4 is 10.6 Å². The van der Waals surface area contributed by atoms with Gasteiger partial charge >= 0.3 is 0 Å². The maximum atomic E-state index is 11.9. The van der Waals surface area contributed by atoms with Crippen molar-refractivity contribution in [2.75, 3.05) is 5.32 Å². The summed E-state index contributed by atoms with van der Waals surface area (Å²) in [5, 5.41) is 6.45. The largest absolute Gasteiger partial charge is 0.324 e. The van der Waals surface area contributed by atoms with Crippen LogP contribution in [0.2, 0.25) is 0 Å². The third-order valence-corrected chi connectivity index (χ3v) is 3.80. The number of fused-ring (bicyclic) bond motifs is 1. The number of hydrogen-bond acceptors (Lipinski definition) is 2. The van der Waals surface area contributed by atoms with E-state index in [1.54, 1.807) is 0 Å². The molecule has 1 atom stereocenters. The highest BCUT2D eigenvalue weighted by Crippen LogP contribution is 2.31. The van der Waals surface area contributed by atoms with Gasteiger partial charge in [0.25, 0.3) is 0 Å². The van der Waals surface area contributed by atoms with E-state index < -0.39 is 0 Å². The van der Waals surface area contributed by atoms with E-state index in [1.807, 2.05) is 24.3 Å². The van der Waals surface area contributed by atoms with Gasteiger partial charge in [-0.25, -0.2) is 0 Å². The number of nitrogens with one attached hydrogen (secondary N) is 2. The second-order valence-electron chi connectivity index (χ2n) is 5.01. The van der Waals surface area contributed by atoms with Crippen molar-refractivity contribution in [2.45, 2.75) is 44.2 Å². The van der Waals surface area contributed by atoms with E-state index in [9.17, 15) is 4.79 Å². The van der Waals surface area contributed by atoms with E-state index in [-0.39, 0.29) is 11.9 Å². The van der Waals surface area contributed by atoms with Crippen LogP contribution in [0, 0.1) is 0 Å². The molecule has 3 nitrogen and oxygen atoms in total. The van der Waals surface area contributed by atoms with E-state index >= 15 is 0 Å². The van der Waals surface area contributed by atoms with Gasteiger partial charge in [0, 0.05) is 17.3 Å². The minimum absolute atomic E-state index is 0.0942. The summed E-state index contributed by atoms with van der Waals surface area (Å²) in [6.07, 6.45) is 6.31. The zero-order valence-corrected chi connectivity index (χ0v) is 9.91. The second-order valence-corrected chi connectivity index (χ2v) is 5.01. The van der Waals surface area contributed by atoms with Crippen LogP contribution in [0.25, 0.3) is 0 Å². The molecule has 1 aliphatic carbocycles. The first-order valence-electron chi connectivity index (χ1n) is 6.50. The number of rotatable bonds is 2. The summed E-state index contributed by atoms with van der Waals surface area (Å²) in [7, 11) is 0. The molecule has 1 aromatic carbocycles. The highest BCUT2D eigenvalue weighted by molar-refractivity contribution is 6.02. The van der Waals surface area contributed by atoms with Crippen molar-refractivity contribution in [3.05, 3.63) is 29.8 Å². The summed E-state index contributed by atoms with van der Waals surface area (Å²) in [6.45, 7) is 0. The van der Waals surface area contributed by atoms with E-state index in [1.165, 1.54) is 32.1 Å². The molecule has 1 aliphatic heterocycles. The molecule has 1 unspecified atom stereocenters. The molecule has 1 amide bonds. The monoisotopic (exact) mass is 230 g/mol. The Morgan fingerprint density at radius 3 is 2.71 bits per heavy atom. The number of hydrogen-bond donors (Lipinski definition) is 2. The zero-order chi connectivity index (χ0) is 11.7. The van der Waals surface area contributed by atoms with Crippen LogP contribution in [0.15, 0.2) is 24.3 Å². The maximum Gasteiger partial charge on any atom is 0.246 e. The molecular formula is C14H18N2O. The number of carbonyl (C=O) groups excluding carboxylic acids is 1. The van der Waals surface area contributed by atoms with Crippen molar-refractivity contribution in [3.63, 3.8) is 0 Å². The number of para-hydroxylation sites is 1. The van der Waals surface area contributed by atoms with Gasteiger partial charge in [0.2, 0.25) is 5.91 Å². The van der Waals surface area contributed by atoms with Gasteiger partial charge in [0.15, 0.2) is 0 Å². The average molecular weight is 230 g/mol. The van der Waals surface area contributed by atoms with Gasteiger partial charge < -0.3 is 5.32 Å². The van der Waals surface area contributed by atoms with Crippen LogP contribution in [0.3, 0.4) is 0 Å². The van der Waals surface area contributed by atoms with Crippen LogP contribution in [-0.4, -0.2) is 11.9 Å². The third kappa shape index (κ3) is 2.07. The fourth-order valence-electron chi connectivity index (χ4n) is 2.88. The molecule has 90 valence electrons. The van der Waals surface area contributed by atoms with E-state index in [0.717, 1.165) is 11.3 Å². The standard InChI is InChI=1S/C14H18N2O/c17-14-13(15-10-6-2-1-3-7-10)11-8-4-5-9-12(11)16-14/h4-5,8-10,13,15H,1-3,6-7H2,(H,16,17). The van der Waals surface area contributed by atoms with Crippen LogP contribution in [0.4, 0.5) is 5.69 Å². The molecule has 3 rings (SSSR count). The Morgan fingerprint density at radius 1 is 1.12 bits per heavy atom. The van der Waals surface area contributed by atoms with Crippen molar-refractivity contribution < 1.29 is 4.79 Å². The van der Waals surface area contributed by atoms with Crippen LogP contribution in [0.1, 0.15) is 43.7 Å². The van der Waals surface area contributed by atoms with Gasteiger partial charge in [-0.15, -0.1) is 0 Å². The Labute approximate surface area is 102 Å². The van der Waals surface area contributed by atoms with Gasteiger partial charge in [-0.05, 0) is 18.9 Å². The molecule has 0 aromatic heterocycles. The van der Waals surface area contributed by atoms with Gasteiger partial charge in [-0.3, -0.25) is 10.1 Å². The number of carbonyl (C=O) groups is 1. The number of anilines is 1. The first kappa shape index (κ1) is 10.8. The lowest BCUT2D eigenvalue weighted by molar-refractivity contribution is -0.117. The molecule has 3 heteroatoms. The topological polar surface area (TPSA) is 41.1 Å². The van der Waals surface area contributed by atoms with Gasteiger partial charge in [0.1, 0.15) is 6.04 Å². The summed E-state index contributed by atoms with van der Waals surface area (Å²) in [5.74, 6) is 0.0942. The molecule has 2 N–H and O–H groups in total. The SMILES string of the molecule is O=C1Nc2ccccc2C1NC1CCCCC1. The lowest BCUT2D eigenvalue weighted by atomic mass is 9.94. The average Bonchev–Trinajstić information content (AvgIpc) is 2.68. The van der Waals surface area contributed by atoms with E-state index in [0.29, 0.717) is 6.04 Å². The Balaban J connectivity index is 1.76. The van der Waals surface area contributed by atoms with Crippen LogP contribution in [-0.2, 0) is 4.79 Å². The molecule has 0 bridgehead atoms. The summed E-state index contributed by atoms with van der Waals surface area (Å²) >= 11 is 0. The summed E-state index contributed by atoms with van der Waals surface area (Å²) < 4.78 is 0. The van der Waals surface area contributed by atoms with E-state index in [4.69, 9.17) is 0 Å². The van der Waals surface area contributed by atoms with Crippen molar-refractivity contribution in [3.8, 4) is 0 Å². The molecule has 1 saturated carbocycles. The summed E-state index contributed by atoms with van der Waals surface area (Å²) in [5.41, 5.74) is 2.06. The van der Waals surface area contributed by atoms with E-state index in [2.05, 4.69) is 10.6 Å². The minimum Gasteiger partial charge on any atom is -0.324 e. The normalized spacial score (nSPS) is 24.5. The fourth-order valence-corrected chi connectivity index (χ4v) is 2.88. The Hall–Kier alpha value is -1.35. The molecule has 1 heterocycles. The van der Waals surface area contributed by atoms with Crippen molar-refractivity contribution in [2.24, 2.45) is 0 Å². The molecule has 0 saturated heterocycles. The third-order valence-electron chi connectivity index (χ3n) is 3.80. The first-order valence-corrected chi connectivity index (χ1v) is 6.50. The predicted octanol–water partition coefficient (Wildman–Crippen LogP) is 2.60. The molecule has 2 aliphatic rings. The Bertz CT molecular complexity index is 424. The van der Waals surface area contributed by atoms with Crippen LogP contribution >= 0.6 is 0 Å². The molecule has 1 aromatic rings. The fraction of sp³-hybridized carbons (Fsp3) is 0.500. The first-order chi connectivity index (χ1) is 8.34. The van der Waals surface area contributed by atoms with Gasteiger partial charge in [0.05, 0.1) is 0 Å². The molecule has 0 spiro atoms. The second kappa shape index (κ2) is 4.49. The minimum atomic E-state index is -0.144. The quantitative estimate of drug-likeness (QED) is 0.820. The maximum absolute atomic E-state index is 11.9. The molecular weight excluding hydrogens is 212 g/mol. The predicted molar refractivity (Wildman–Crippen MR) is 67.8 cm³/mol. The van der Waals surface area contributed by atoms with Crippen molar-refractivity contribution in [1.29, 1.82) is 0 Å². The molecule has 0 radical (unpaired) electrons. The Kier molecular flexibility index (Phi) is 2.85. The van der Waals surface area contributed by atoms with Crippen molar-refractivity contribution in [1.82, 2.24) is 5.32 Å². The Morgan fingerprint density at radius 2 is 1.88 bits per heavy atom. The smallest absolute Gasteiger partial charge is 0.246 e. The lowest BCUT2D eigenvalue weighted by Crippen LogP contribution is -2.37.